The molecule has 0 heterocycles. The van der Waals surface area contributed by atoms with Gasteiger partial charge in [0.2, 0.25) is 11.6 Å². The van der Waals surface area contributed by atoms with Crippen LogP contribution in [0, 0.1) is 28.6 Å². The molecule has 0 aromatic carbocycles. The molecule has 5 atom stereocenters. The van der Waals surface area contributed by atoms with Crippen molar-refractivity contribution in [3.63, 3.8) is 0 Å². The Morgan fingerprint density at radius 2 is 1.97 bits per heavy atom. The number of carbonyl (C=O) groups is 2. The van der Waals surface area contributed by atoms with Crippen LogP contribution in [0.1, 0.15) is 80.1 Å². The summed E-state index contributed by atoms with van der Waals surface area (Å²) in [5.74, 6) is 0.195. The summed E-state index contributed by atoms with van der Waals surface area (Å²) in [6.45, 7) is 14.1. The molecule has 3 aliphatic carbocycles. The minimum Gasteiger partial charge on any atom is -0.505 e. The summed E-state index contributed by atoms with van der Waals surface area (Å²) in [6, 6.07) is 0. The number of nitrogens with one attached hydrogen (secondary N) is 1. The zero-order chi connectivity index (χ0) is 22.3. The fraction of sp³-hybridized carbons (Fsp3) is 0.692. The van der Waals surface area contributed by atoms with Gasteiger partial charge >= 0.3 is 0 Å². The normalized spacial score (nSPS) is 35.5. The Hall–Kier alpha value is -1.84. The lowest BCUT2D eigenvalue weighted by molar-refractivity contribution is -0.132. The van der Waals surface area contributed by atoms with E-state index in [1.807, 2.05) is 0 Å². The number of ketones is 2. The van der Waals surface area contributed by atoms with E-state index in [1.54, 1.807) is 0 Å². The van der Waals surface area contributed by atoms with Gasteiger partial charge in [0, 0.05) is 18.2 Å². The van der Waals surface area contributed by atoms with Crippen LogP contribution < -0.4 is 5.32 Å². The molecule has 0 aromatic rings. The first-order valence-electron chi connectivity index (χ1n) is 11.7. The maximum Gasteiger partial charge on any atom is 0.232 e. The Morgan fingerprint density at radius 3 is 2.63 bits per heavy atom. The molecule has 0 saturated heterocycles. The Kier molecular flexibility index (Phi) is 6.36. The van der Waals surface area contributed by atoms with Crippen LogP contribution in [0.4, 0.5) is 0 Å². The van der Waals surface area contributed by atoms with Crippen molar-refractivity contribution in [3.05, 3.63) is 34.8 Å². The van der Waals surface area contributed by atoms with E-state index in [1.165, 1.54) is 11.6 Å². The SMILES string of the molecule is CCC(C)CNC1=CC(=O)C(=O)C(C[C@]2(C)[C@@H](C)CC[C@]3(C)C(C)=CCC[C@@H]23)=C1O. The summed E-state index contributed by atoms with van der Waals surface area (Å²) in [5.41, 5.74) is 2.16. The quantitative estimate of drug-likeness (QED) is 0.335. The highest BCUT2D eigenvalue weighted by atomic mass is 16.3. The summed E-state index contributed by atoms with van der Waals surface area (Å²) in [6.07, 6.45) is 9.53. The van der Waals surface area contributed by atoms with Crippen molar-refractivity contribution < 1.29 is 14.7 Å². The molecule has 0 bridgehead atoms. The average Bonchev–Trinajstić information content (AvgIpc) is 2.71. The number of hydrogen-bond donors (Lipinski definition) is 2. The molecule has 4 nitrogen and oxygen atoms in total. The highest BCUT2D eigenvalue weighted by Crippen LogP contribution is 2.62. The number of hydrogen-bond acceptors (Lipinski definition) is 4. The highest BCUT2D eigenvalue weighted by Gasteiger charge is 2.54. The molecule has 0 amide bonds. The van der Waals surface area contributed by atoms with Crippen LogP contribution in [0.5, 0.6) is 0 Å². The lowest BCUT2D eigenvalue weighted by atomic mass is 9.46. The van der Waals surface area contributed by atoms with E-state index in [4.69, 9.17) is 0 Å². The molecule has 1 unspecified atom stereocenters. The van der Waals surface area contributed by atoms with Crippen LogP contribution in [0.15, 0.2) is 34.8 Å². The minimum atomic E-state index is -0.537. The number of carbonyl (C=O) groups excluding carboxylic acids is 2. The third kappa shape index (κ3) is 3.78. The van der Waals surface area contributed by atoms with Gasteiger partial charge in [0.1, 0.15) is 5.76 Å². The van der Waals surface area contributed by atoms with Gasteiger partial charge in [-0.15, -0.1) is 0 Å². The number of fused-ring (bicyclic) bond motifs is 1. The van der Waals surface area contributed by atoms with E-state index in [0.717, 1.165) is 32.1 Å². The minimum absolute atomic E-state index is 0.0216. The standard InChI is InChI=1S/C26H39NO3/c1-7-16(2)15-27-20-13-21(28)24(30)19(23(20)29)14-26(6)18(4)11-12-25(5)17(3)9-8-10-22(25)26/h9,13,16,18,22,27,29H,7-8,10-12,14-15H2,1-6H3/t16?,18-,22+,25+,26+/m0/s1. The van der Waals surface area contributed by atoms with E-state index in [2.05, 4.69) is 52.9 Å². The van der Waals surface area contributed by atoms with Crippen LogP contribution in [0.2, 0.25) is 0 Å². The molecule has 4 heteroatoms. The van der Waals surface area contributed by atoms with Gasteiger partial charge in [-0.2, -0.15) is 0 Å². The summed E-state index contributed by atoms with van der Waals surface area (Å²) >= 11 is 0. The third-order valence-corrected chi connectivity index (χ3v) is 8.80. The second-order valence-electron chi connectivity index (χ2n) is 10.5. The van der Waals surface area contributed by atoms with Gasteiger partial charge in [-0.25, -0.2) is 0 Å². The molecular formula is C26H39NO3. The zero-order valence-corrected chi connectivity index (χ0v) is 19.6. The number of aliphatic hydroxyl groups is 1. The molecule has 0 aromatic heterocycles. The van der Waals surface area contributed by atoms with Gasteiger partial charge in [0.15, 0.2) is 0 Å². The average molecular weight is 414 g/mol. The predicted octanol–water partition coefficient (Wildman–Crippen LogP) is 5.66. The van der Waals surface area contributed by atoms with Crippen molar-refractivity contribution in [2.24, 2.45) is 28.6 Å². The van der Waals surface area contributed by atoms with Crippen molar-refractivity contribution in [1.82, 2.24) is 5.32 Å². The fourth-order valence-electron chi connectivity index (χ4n) is 6.00. The third-order valence-electron chi connectivity index (χ3n) is 8.80. The monoisotopic (exact) mass is 413 g/mol. The van der Waals surface area contributed by atoms with Gasteiger partial charge in [0.25, 0.3) is 0 Å². The van der Waals surface area contributed by atoms with E-state index in [9.17, 15) is 14.7 Å². The first-order chi connectivity index (χ1) is 14.0. The molecule has 1 fully saturated rings. The van der Waals surface area contributed by atoms with Crippen LogP contribution in [-0.4, -0.2) is 23.2 Å². The van der Waals surface area contributed by atoms with Crippen molar-refractivity contribution in [1.29, 1.82) is 0 Å². The highest BCUT2D eigenvalue weighted by molar-refractivity contribution is 6.48. The molecule has 3 rings (SSSR count). The fourth-order valence-corrected chi connectivity index (χ4v) is 6.00. The zero-order valence-electron chi connectivity index (χ0n) is 19.6. The van der Waals surface area contributed by atoms with Crippen molar-refractivity contribution >= 4 is 11.6 Å². The van der Waals surface area contributed by atoms with Crippen molar-refractivity contribution in [2.45, 2.75) is 80.1 Å². The molecule has 0 aliphatic heterocycles. The van der Waals surface area contributed by atoms with Gasteiger partial charge in [-0.1, -0.05) is 52.7 Å². The maximum absolute atomic E-state index is 12.9. The van der Waals surface area contributed by atoms with E-state index < -0.39 is 11.6 Å². The smallest absolute Gasteiger partial charge is 0.232 e. The van der Waals surface area contributed by atoms with E-state index in [0.29, 0.717) is 42.0 Å². The van der Waals surface area contributed by atoms with Gasteiger partial charge in [-0.3, -0.25) is 9.59 Å². The Labute approximate surface area is 181 Å². The molecule has 0 radical (unpaired) electrons. The Bertz CT molecular complexity index is 820. The van der Waals surface area contributed by atoms with Gasteiger partial charge < -0.3 is 10.4 Å². The van der Waals surface area contributed by atoms with E-state index in [-0.39, 0.29) is 16.6 Å². The molecule has 1 saturated carbocycles. The number of Topliss-reactive ketones (excluding diaryl/α,β-unsaturated/α-hetero) is 1. The Balaban J connectivity index is 1.95. The van der Waals surface area contributed by atoms with Crippen LogP contribution in [-0.2, 0) is 9.59 Å². The molecule has 166 valence electrons. The number of aliphatic hydroxyl groups excluding tert-OH is 1. The summed E-state index contributed by atoms with van der Waals surface area (Å²) < 4.78 is 0. The summed E-state index contributed by atoms with van der Waals surface area (Å²) in [4.78, 5) is 25.3. The first-order valence-corrected chi connectivity index (χ1v) is 11.7. The predicted molar refractivity (Wildman–Crippen MR) is 121 cm³/mol. The van der Waals surface area contributed by atoms with Gasteiger partial charge in [-0.05, 0) is 67.6 Å². The number of rotatable bonds is 6. The lowest BCUT2D eigenvalue weighted by Gasteiger charge is -2.58. The second-order valence-corrected chi connectivity index (χ2v) is 10.5. The van der Waals surface area contributed by atoms with Gasteiger partial charge in [0.05, 0.1) is 5.70 Å². The van der Waals surface area contributed by atoms with Crippen LogP contribution in [0.3, 0.4) is 0 Å². The Morgan fingerprint density at radius 1 is 1.27 bits per heavy atom. The second kappa shape index (κ2) is 8.36. The van der Waals surface area contributed by atoms with Crippen LogP contribution in [0.25, 0.3) is 0 Å². The molecular weight excluding hydrogens is 374 g/mol. The molecule has 30 heavy (non-hydrogen) atoms. The van der Waals surface area contributed by atoms with E-state index >= 15 is 0 Å². The maximum atomic E-state index is 12.9. The number of allylic oxidation sites excluding steroid dienone is 4. The first kappa shape index (κ1) is 22.8. The lowest BCUT2D eigenvalue weighted by Crippen LogP contribution is -2.50. The molecule has 0 spiro atoms. The van der Waals surface area contributed by atoms with Crippen molar-refractivity contribution in [3.8, 4) is 0 Å². The summed E-state index contributed by atoms with van der Waals surface area (Å²) in [7, 11) is 0. The molecule has 2 N–H and O–H groups in total. The van der Waals surface area contributed by atoms with Crippen molar-refractivity contribution in [2.75, 3.05) is 6.54 Å². The summed E-state index contributed by atoms with van der Waals surface area (Å²) in [5, 5.41) is 14.2. The van der Waals surface area contributed by atoms with Crippen LogP contribution >= 0.6 is 0 Å². The molecule has 3 aliphatic rings. The topological polar surface area (TPSA) is 66.4 Å². The largest absolute Gasteiger partial charge is 0.505 e.